The Morgan fingerprint density at radius 1 is 1.23 bits per heavy atom. The number of rotatable bonds is 7. The monoisotopic (exact) mass is 361 g/mol. The van der Waals surface area contributed by atoms with Gasteiger partial charge in [-0.3, -0.25) is 9.59 Å². The molecule has 0 unspecified atom stereocenters. The number of amides is 1. The van der Waals surface area contributed by atoms with E-state index in [9.17, 15) is 14.7 Å². The molecule has 6 nitrogen and oxygen atoms in total. The van der Waals surface area contributed by atoms with Crippen molar-refractivity contribution in [2.75, 3.05) is 20.2 Å². The number of hydrogen-bond donors (Lipinski definition) is 1. The van der Waals surface area contributed by atoms with Crippen molar-refractivity contribution in [3.8, 4) is 5.75 Å². The quantitative estimate of drug-likeness (QED) is 0.808. The van der Waals surface area contributed by atoms with Crippen LogP contribution in [0.15, 0.2) is 24.3 Å². The number of carbonyl (C=O) groups is 2. The summed E-state index contributed by atoms with van der Waals surface area (Å²) in [7, 11) is 1.65. The third kappa shape index (κ3) is 4.01. The fourth-order valence-electron chi connectivity index (χ4n) is 3.77. The van der Waals surface area contributed by atoms with Crippen LogP contribution >= 0.6 is 0 Å². The molecule has 1 heterocycles. The second-order valence-corrected chi connectivity index (χ2v) is 7.32. The van der Waals surface area contributed by atoms with E-state index in [-0.39, 0.29) is 18.4 Å². The lowest BCUT2D eigenvalue weighted by molar-refractivity contribution is -0.160. The van der Waals surface area contributed by atoms with Gasteiger partial charge in [-0.1, -0.05) is 24.6 Å². The highest BCUT2D eigenvalue weighted by atomic mass is 16.5. The normalized spacial score (nSPS) is 19.7. The number of ether oxygens (including phenoxy) is 2. The van der Waals surface area contributed by atoms with Gasteiger partial charge in [0.05, 0.1) is 25.2 Å². The molecule has 0 bridgehead atoms. The lowest BCUT2D eigenvalue weighted by atomic mass is 9.66. The van der Waals surface area contributed by atoms with Gasteiger partial charge in [0.1, 0.15) is 5.75 Å². The van der Waals surface area contributed by atoms with Gasteiger partial charge in [0.2, 0.25) is 5.91 Å². The zero-order valence-electron chi connectivity index (χ0n) is 15.3. The summed E-state index contributed by atoms with van der Waals surface area (Å²) in [5, 5.41) is 9.39. The maximum Gasteiger partial charge on any atom is 0.310 e. The summed E-state index contributed by atoms with van der Waals surface area (Å²) in [6, 6.07) is 7.79. The molecule has 1 aliphatic heterocycles. The summed E-state index contributed by atoms with van der Waals surface area (Å²) in [5.74, 6) is -0.0398. The number of nitrogens with zero attached hydrogens (tertiary/aromatic N) is 1. The molecular weight excluding hydrogens is 334 g/mol. The van der Waals surface area contributed by atoms with Crippen LogP contribution in [0.1, 0.15) is 44.1 Å². The van der Waals surface area contributed by atoms with Crippen LogP contribution in [0, 0.1) is 5.41 Å². The van der Waals surface area contributed by atoms with E-state index in [1.807, 2.05) is 24.3 Å². The Kier molecular flexibility index (Phi) is 5.81. The molecule has 0 aromatic heterocycles. The van der Waals surface area contributed by atoms with E-state index in [0.29, 0.717) is 32.5 Å². The minimum absolute atomic E-state index is 0.0321. The Hall–Kier alpha value is -2.08. The van der Waals surface area contributed by atoms with E-state index in [1.165, 1.54) is 0 Å². The zero-order chi connectivity index (χ0) is 18.6. The fourth-order valence-corrected chi connectivity index (χ4v) is 3.77. The van der Waals surface area contributed by atoms with Gasteiger partial charge in [0.25, 0.3) is 0 Å². The number of carboxylic acid groups (broad SMARTS) is 1. The van der Waals surface area contributed by atoms with Crippen LogP contribution in [0.2, 0.25) is 0 Å². The van der Waals surface area contributed by atoms with Crippen LogP contribution in [0.5, 0.6) is 5.75 Å². The van der Waals surface area contributed by atoms with Crippen LogP contribution in [0.25, 0.3) is 0 Å². The summed E-state index contributed by atoms with van der Waals surface area (Å²) in [4.78, 5) is 25.7. The van der Waals surface area contributed by atoms with Gasteiger partial charge >= 0.3 is 5.97 Å². The molecule has 0 spiro atoms. The first-order valence-electron chi connectivity index (χ1n) is 9.29. The molecule has 0 atom stereocenters. The summed E-state index contributed by atoms with van der Waals surface area (Å²) in [5.41, 5.74) is 0.204. The highest BCUT2D eigenvalue weighted by molar-refractivity contribution is 5.85. The van der Waals surface area contributed by atoms with Crippen LogP contribution in [0.4, 0.5) is 0 Å². The predicted octanol–water partition coefficient (Wildman–Crippen LogP) is 2.85. The Bertz CT molecular complexity index is 647. The number of likely N-dealkylation sites (tertiary alicyclic amines) is 1. The first-order chi connectivity index (χ1) is 12.5. The van der Waals surface area contributed by atoms with E-state index in [0.717, 1.165) is 30.6 Å². The van der Waals surface area contributed by atoms with Gasteiger partial charge in [0.15, 0.2) is 0 Å². The number of aliphatic carboxylic acids is 1. The predicted molar refractivity (Wildman–Crippen MR) is 95.9 cm³/mol. The third-order valence-electron chi connectivity index (χ3n) is 5.72. The SMILES string of the molecule is COc1ccccc1COC1CCN(C(=O)CC2(C(=O)O)CCC2)CC1. The molecule has 1 amide bonds. The molecule has 3 rings (SSSR count). The molecule has 2 fully saturated rings. The highest BCUT2D eigenvalue weighted by Crippen LogP contribution is 2.44. The van der Waals surface area contributed by atoms with Gasteiger partial charge in [0, 0.05) is 25.1 Å². The van der Waals surface area contributed by atoms with Gasteiger partial charge in [-0.05, 0) is 31.7 Å². The molecule has 2 aliphatic rings. The van der Waals surface area contributed by atoms with Gasteiger partial charge in [-0.25, -0.2) is 0 Å². The van der Waals surface area contributed by atoms with Crippen molar-refractivity contribution in [1.82, 2.24) is 4.90 Å². The van der Waals surface area contributed by atoms with Crippen molar-refractivity contribution in [1.29, 1.82) is 0 Å². The molecule has 1 aliphatic carbocycles. The average Bonchev–Trinajstić information content (AvgIpc) is 2.63. The maximum absolute atomic E-state index is 12.5. The Labute approximate surface area is 154 Å². The maximum atomic E-state index is 12.5. The topological polar surface area (TPSA) is 76.1 Å². The fraction of sp³-hybridized carbons (Fsp3) is 0.600. The zero-order valence-corrected chi connectivity index (χ0v) is 15.3. The lowest BCUT2D eigenvalue weighted by Crippen LogP contribution is -2.46. The summed E-state index contributed by atoms with van der Waals surface area (Å²) in [6.07, 6.45) is 3.94. The van der Waals surface area contributed by atoms with Crippen LogP contribution < -0.4 is 4.74 Å². The molecule has 6 heteroatoms. The minimum Gasteiger partial charge on any atom is -0.496 e. The number of piperidine rings is 1. The van der Waals surface area contributed by atoms with E-state index in [2.05, 4.69) is 0 Å². The van der Waals surface area contributed by atoms with Gasteiger partial charge in [-0.2, -0.15) is 0 Å². The van der Waals surface area contributed by atoms with E-state index in [1.54, 1.807) is 12.0 Å². The second-order valence-electron chi connectivity index (χ2n) is 7.32. The van der Waals surface area contributed by atoms with E-state index in [4.69, 9.17) is 9.47 Å². The average molecular weight is 361 g/mol. The smallest absolute Gasteiger partial charge is 0.310 e. The van der Waals surface area contributed by atoms with Crippen molar-refractivity contribution in [2.45, 2.75) is 51.2 Å². The molecule has 1 saturated carbocycles. The molecule has 1 N–H and O–H groups in total. The van der Waals surface area contributed by atoms with Gasteiger partial charge in [-0.15, -0.1) is 0 Å². The highest BCUT2D eigenvalue weighted by Gasteiger charge is 2.46. The van der Waals surface area contributed by atoms with Crippen LogP contribution in [-0.4, -0.2) is 48.2 Å². The number of carbonyl (C=O) groups excluding carboxylic acids is 1. The molecule has 1 aromatic rings. The molecule has 1 saturated heterocycles. The third-order valence-corrected chi connectivity index (χ3v) is 5.72. The number of methoxy groups -OCH3 is 1. The molecule has 142 valence electrons. The summed E-state index contributed by atoms with van der Waals surface area (Å²) in [6.45, 7) is 1.75. The second kappa shape index (κ2) is 8.08. The van der Waals surface area contributed by atoms with E-state index < -0.39 is 11.4 Å². The van der Waals surface area contributed by atoms with Crippen molar-refractivity contribution >= 4 is 11.9 Å². The summed E-state index contributed by atoms with van der Waals surface area (Å²) >= 11 is 0. The van der Waals surface area contributed by atoms with Crippen molar-refractivity contribution in [3.05, 3.63) is 29.8 Å². The number of hydrogen-bond acceptors (Lipinski definition) is 4. The van der Waals surface area contributed by atoms with Crippen LogP contribution in [0.3, 0.4) is 0 Å². The first-order valence-corrected chi connectivity index (χ1v) is 9.29. The first kappa shape index (κ1) is 18.7. The standard InChI is InChI=1S/C20H27NO5/c1-25-17-6-3-2-5-15(17)14-26-16-7-11-21(12-8-16)18(22)13-20(19(23)24)9-4-10-20/h2-3,5-6,16H,4,7-14H2,1H3,(H,23,24). The summed E-state index contributed by atoms with van der Waals surface area (Å²) < 4.78 is 11.3. The largest absolute Gasteiger partial charge is 0.496 e. The van der Waals surface area contributed by atoms with Gasteiger partial charge < -0.3 is 19.5 Å². The molecular formula is C20H27NO5. The van der Waals surface area contributed by atoms with Crippen molar-refractivity contribution in [2.24, 2.45) is 5.41 Å². The van der Waals surface area contributed by atoms with Crippen molar-refractivity contribution in [3.63, 3.8) is 0 Å². The number of benzene rings is 1. The van der Waals surface area contributed by atoms with Crippen LogP contribution in [-0.2, 0) is 20.9 Å². The Morgan fingerprint density at radius 2 is 1.92 bits per heavy atom. The Balaban J connectivity index is 1.45. The van der Waals surface area contributed by atoms with E-state index >= 15 is 0 Å². The minimum atomic E-state index is -0.827. The lowest BCUT2D eigenvalue weighted by Gasteiger charge is -2.39. The Morgan fingerprint density at radius 3 is 2.50 bits per heavy atom. The number of carboxylic acids is 1. The van der Waals surface area contributed by atoms with Crippen molar-refractivity contribution < 1.29 is 24.2 Å². The molecule has 26 heavy (non-hydrogen) atoms. The molecule has 0 radical (unpaired) electrons. The number of para-hydroxylation sites is 1. The molecule has 1 aromatic carbocycles.